The predicted octanol–water partition coefficient (Wildman–Crippen LogP) is 2.49. The van der Waals surface area contributed by atoms with Crippen molar-refractivity contribution < 1.29 is 22.6 Å². The number of hydrazine groups is 1. The highest BCUT2D eigenvalue weighted by Gasteiger charge is 2.27. The van der Waals surface area contributed by atoms with Gasteiger partial charge in [-0.25, -0.2) is 0 Å². The van der Waals surface area contributed by atoms with Crippen molar-refractivity contribution >= 4 is 0 Å². The molecule has 1 aromatic rings. The molecule has 0 fully saturated rings. The maximum atomic E-state index is 12.0. The van der Waals surface area contributed by atoms with Gasteiger partial charge in [0.25, 0.3) is 0 Å². The van der Waals surface area contributed by atoms with Crippen molar-refractivity contribution in [2.45, 2.75) is 31.5 Å². The van der Waals surface area contributed by atoms with Crippen molar-refractivity contribution in [2.24, 2.45) is 5.84 Å². The van der Waals surface area contributed by atoms with E-state index >= 15 is 0 Å². The molecular weight excluding hydrogens is 285 g/mol. The van der Waals surface area contributed by atoms with Gasteiger partial charge in [-0.15, -0.1) is 0 Å². The van der Waals surface area contributed by atoms with Crippen LogP contribution >= 0.6 is 0 Å². The van der Waals surface area contributed by atoms with Crippen LogP contribution in [0.3, 0.4) is 0 Å². The number of rotatable bonds is 6. The normalized spacial score (nSPS) is 16.2. The van der Waals surface area contributed by atoms with Crippen LogP contribution in [-0.2, 0) is 11.2 Å². The maximum absolute atomic E-state index is 12.0. The van der Waals surface area contributed by atoms with Gasteiger partial charge in [0.05, 0.1) is 12.6 Å². The Morgan fingerprint density at radius 1 is 1.38 bits per heavy atom. The summed E-state index contributed by atoms with van der Waals surface area (Å²) in [5.41, 5.74) is 4.60. The summed E-state index contributed by atoms with van der Waals surface area (Å²) in [5, 5.41) is 0. The van der Waals surface area contributed by atoms with E-state index in [9.17, 15) is 13.2 Å². The highest BCUT2D eigenvalue weighted by atomic mass is 19.4. The quantitative estimate of drug-likeness (QED) is 0.482. The van der Waals surface area contributed by atoms with Crippen molar-refractivity contribution in [3.8, 4) is 5.75 Å². The zero-order valence-electron chi connectivity index (χ0n) is 11.6. The molecule has 0 radical (unpaired) electrons. The number of hydrogen-bond acceptors (Lipinski definition) is 4. The number of hydrogen-bond donors (Lipinski definition) is 2. The fraction of sp³-hybridized carbons (Fsp3) is 0.571. The van der Waals surface area contributed by atoms with Crippen LogP contribution in [0.25, 0.3) is 0 Å². The second kappa shape index (κ2) is 7.11. The molecule has 1 unspecified atom stereocenters. The van der Waals surface area contributed by atoms with E-state index in [4.69, 9.17) is 10.6 Å². The standard InChI is InChI=1S/C14H19F3N2O2/c15-14(16,17)9-20-8-6-12(19-18)11-5-1-3-10-4-2-7-21-13(10)11/h1,3,5,12,19H,2,4,6-9,18H2. The highest BCUT2D eigenvalue weighted by molar-refractivity contribution is 5.44. The van der Waals surface area contributed by atoms with Gasteiger partial charge in [0.15, 0.2) is 0 Å². The lowest BCUT2D eigenvalue weighted by Crippen LogP contribution is -2.30. The number of fused-ring (bicyclic) bond motifs is 1. The highest BCUT2D eigenvalue weighted by Crippen LogP contribution is 2.33. The minimum atomic E-state index is -4.30. The zero-order valence-corrected chi connectivity index (χ0v) is 11.6. The van der Waals surface area contributed by atoms with E-state index in [2.05, 4.69) is 10.2 Å². The van der Waals surface area contributed by atoms with E-state index in [0.717, 1.165) is 29.7 Å². The van der Waals surface area contributed by atoms with E-state index in [1.54, 1.807) is 0 Å². The van der Waals surface area contributed by atoms with Crippen LogP contribution in [0.5, 0.6) is 5.75 Å². The summed E-state index contributed by atoms with van der Waals surface area (Å²) in [6.45, 7) is -0.627. The Labute approximate surface area is 121 Å². The Morgan fingerprint density at radius 3 is 2.90 bits per heavy atom. The molecular formula is C14H19F3N2O2. The third-order valence-electron chi connectivity index (χ3n) is 3.36. The second-order valence-electron chi connectivity index (χ2n) is 4.96. The SMILES string of the molecule is NNC(CCOCC(F)(F)F)c1cccc2c1OCCC2. The Kier molecular flexibility index (Phi) is 5.44. The molecule has 118 valence electrons. The predicted molar refractivity (Wildman–Crippen MR) is 71.8 cm³/mol. The molecule has 7 heteroatoms. The first-order valence-corrected chi connectivity index (χ1v) is 6.86. The second-order valence-corrected chi connectivity index (χ2v) is 4.96. The van der Waals surface area contributed by atoms with Crippen LogP contribution < -0.4 is 16.0 Å². The molecule has 1 aliphatic rings. The average Bonchev–Trinajstić information content (AvgIpc) is 2.46. The first-order valence-electron chi connectivity index (χ1n) is 6.86. The van der Waals surface area contributed by atoms with Gasteiger partial charge >= 0.3 is 6.18 Å². The number of nitrogens with two attached hydrogens (primary N) is 1. The first kappa shape index (κ1) is 16.1. The summed E-state index contributed by atoms with van der Waals surface area (Å²) >= 11 is 0. The first-order chi connectivity index (χ1) is 10.0. The van der Waals surface area contributed by atoms with Crippen LogP contribution in [0.4, 0.5) is 13.2 Å². The van der Waals surface area contributed by atoms with Crippen LogP contribution in [0, 0.1) is 0 Å². The van der Waals surface area contributed by atoms with Crippen molar-refractivity contribution in [3.63, 3.8) is 0 Å². The number of halogens is 3. The molecule has 0 aliphatic carbocycles. The number of nitrogens with one attached hydrogen (secondary N) is 1. The van der Waals surface area contributed by atoms with E-state index in [0.29, 0.717) is 13.0 Å². The van der Waals surface area contributed by atoms with Gasteiger partial charge in [0, 0.05) is 12.2 Å². The smallest absolute Gasteiger partial charge is 0.411 e. The minimum absolute atomic E-state index is 0.0297. The van der Waals surface area contributed by atoms with Crippen LogP contribution in [0.1, 0.15) is 30.0 Å². The number of para-hydroxylation sites is 1. The van der Waals surface area contributed by atoms with Crippen LogP contribution in [0.2, 0.25) is 0 Å². The van der Waals surface area contributed by atoms with Crippen molar-refractivity contribution in [1.29, 1.82) is 0 Å². The molecule has 0 aromatic heterocycles. The maximum Gasteiger partial charge on any atom is 0.411 e. The fourth-order valence-corrected chi connectivity index (χ4v) is 2.41. The summed E-state index contributed by atoms with van der Waals surface area (Å²) in [4.78, 5) is 0. The molecule has 1 aromatic carbocycles. The van der Waals surface area contributed by atoms with E-state index < -0.39 is 12.8 Å². The summed E-state index contributed by atoms with van der Waals surface area (Å²) < 4.78 is 46.4. The number of alkyl halides is 3. The Balaban J connectivity index is 1.98. The summed E-state index contributed by atoms with van der Waals surface area (Å²) in [6.07, 6.45) is -2.07. The van der Waals surface area contributed by atoms with Gasteiger partial charge in [-0.2, -0.15) is 13.2 Å². The minimum Gasteiger partial charge on any atom is -0.493 e. The molecule has 0 bridgehead atoms. The number of benzene rings is 1. The molecule has 0 spiro atoms. The molecule has 3 N–H and O–H groups in total. The van der Waals surface area contributed by atoms with E-state index in [1.807, 2.05) is 18.2 Å². The summed E-state index contributed by atoms with van der Waals surface area (Å²) in [5.74, 6) is 6.32. The summed E-state index contributed by atoms with van der Waals surface area (Å²) in [6, 6.07) is 5.47. The van der Waals surface area contributed by atoms with Crippen molar-refractivity contribution in [2.75, 3.05) is 19.8 Å². The lowest BCUT2D eigenvalue weighted by atomic mass is 9.97. The molecule has 2 rings (SSSR count). The third kappa shape index (κ3) is 4.59. The lowest BCUT2D eigenvalue weighted by molar-refractivity contribution is -0.174. The fourth-order valence-electron chi connectivity index (χ4n) is 2.41. The zero-order chi connectivity index (χ0) is 15.3. The Hall–Kier alpha value is -1.31. The topological polar surface area (TPSA) is 56.5 Å². The lowest BCUT2D eigenvalue weighted by Gasteiger charge is -2.25. The average molecular weight is 304 g/mol. The van der Waals surface area contributed by atoms with Crippen molar-refractivity contribution in [3.05, 3.63) is 29.3 Å². The molecule has 21 heavy (non-hydrogen) atoms. The van der Waals surface area contributed by atoms with E-state index in [-0.39, 0.29) is 12.6 Å². The number of aryl methyl sites for hydroxylation is 1. The molecule has 1 atom stereocenters. The molecule has 0 saturated carbocycles. The largest absolute Gasteiger partial charge is 0.493 e. The van der Waals surface area contributed by atoms with Crippen LogP contribution in [0.15, 0.2) is 18.2 Å². The van der Waals surface area contributed by atoms with Gasteiger partial charge in [0.2, 0.25) is 0 Å². The molecule has 1 aliphatic heterocycles. The molecule has 1 heterocycles. The number of ether oxygens (including phenoxy) is 2. The Morgan fingerprint density at radius 2 is 2.19 bits per heavy atom. The molecule has 0 amide bonds. The van der Waals surface area contributed by atoms with Gasteiger partial charge < -0.3 is 9.47 Å². The van der Waals surface area contributed by atoms with Crippen molar-refractivity contribution in [1.82, 2.24) is 5.43 Å². The van der Waals surface area contributed by atoms with Crippen LogP contribution in [-0.4, -0.2) is 26.0 Å². The third-order valence-corrected chi connectivity index (χ3v) is 3.36. The van der Waals surface area contributed by atoms with Gasteiger partial charge in [-0.3, -0.25) is 11.3 Å². The van der Waals surface area contributed by atoms with Gasteiger partial charge in [-0.1, -0.05) is 18.2 Å². The van der Waals surface area contributed by atoms with E-state index in [1.165, 1.54) is 0 Å². The summed E-state index contributed by atoms with van der Waals surface area (Å²) in [7, 11) is 0. The monoisotopic (exact) mass is 304 g/mol. The van der Waals surface area contributed by atoms with Gasteiger partial charge in [-0.05, 0) is 24.8 Å². The van der Waals surface area contributed by atoms with Gasteiger partial charge in [0.1, 0.15) is 12.4 Å². The molecule has 0 saturated heterocycles. The Bertz CT molecular complexity index is 466. The molecule has 4 nitrogen and oxygen atoms in total.